The van der Waals surface area contributed by atoms with Crippen molar-refractivity contribution in [3.05, 3.63) is 50.3 Å². The highest BCUT2D eigenvalue weighted by atomic mass is 32.1. The van der Waals surface area contributed by atoms with E-state index in [1.54, 1.807) is 16.2 Å². The van der Waals surface area contributed by atoms with E-state index in [4.69, 9.17) is 9.82 Å². The van der Waals surface area contributed by atoms with E-state index in [0.29, 0.717) is 19.7 Å². The summed E-state index contributed by atoms with van der Waals surface area (Å²) in [4.78, 5) is 36.3. The van der Waals surface area contributed by atoms with Gasteiger partial charge in [0.05, 0.1) is 22.8 Å². The van der Waals surface area contributed by atoms with Crippen molar-refractivity contribution in [2.24, 2.45) is 0 Å². The normalized spacial score (nSPS) is 22.8. The monoisotopic (exact) mass is 456 g/mol. The lowest BCUT2D eigenvalue weighted by molar-refractivity contribution is -0.139. The minimum absolute atomic E-state index is 0.227. The lowest BCUT2D eigenvalue weighted by Crippen LogP contribution is -2.41. The first-order valence-electron chi connectivity index (χ1n) is 10.1. The average Bonchev–Trinajstić information content (AvgIpc) is 3.39. The summed E-state index contributed by atoms with van der Waals surface area (Å²) >= 11 is 1.60. The number of nitrogens with zero attached hydrogens (tertiary/aromatic N) is 3. The third-order valence-electron chi connectivity index (χ3n) is 5.92. The molecule has 1 amide bonds. The van der Waals surface area contributed by atoms with Crippen molar-refractivity contribution in [1.29, 1.82) is 0 Å². The minimum Gasteiger partial charge on any atom is -0.341 e. The number of carbonyl (C=O) groups excluding carboxylic acids is 1. The molecule has 2 saturated heterocycles. The van der Waals surface area contributed by atoms with Crippen LogP contribution in [0.5, 0.6) is 0 Å². The third-order valence-corrected chi connectivity index (χ3v) is 6.92. The summed E-state index contributed by atoms with van der Waals surface area (Å²) in [5.74, 6) is -0.135. The van der Waals surface area contributed by atoms with Crippen LogP contribution in [0.15, 0.2) is 28.5 Å². The van der Waals surface area contributed by atoms with Gasteiger partial charge in [0, 0.05) is 30.6 Å². The van der Waals surface area contributed by atoms with Crippen LogP contribution >= 0.6 is 11.3 Å². The summed E-state index contributed by atoms with van der Waals surface area (Å²) in [6, 6.07) is 1.86. The van der Waals surface area contributed by atoms with Crippen molar-refractivity contribution in [2.75, 3.05) is 19.7 Å². The highest BCUT2D eigenvalue weighted by molar-refractivity contribution is 7.09. The lowest BCUT2D eigenvalue weighted by atomic mass is 9.95. The number of aromatic nitrogens is 2. The molecule has 0 aromatic carbocycles. The largest absolute Gasteiger partial charge is 0.421 e. The van der Waals surface area contributed by atoms with Crippen molar-refractivity contribution >= 4 is 17.2 Å². The third kappa shape index (κ3) is 4.53. The fourth-order valence-corrected chi connectivity index (χ4v) is 5.05. The summed E-state index contributed by atoms with van der Waals surface area (Å²) in [5, 5.41) is 3.06. The molecule has 2 aromatic heterocycles. The van der Waals surface area contributed by atoms with Crippen LogP contribution in [0.2, 0.25) is 0 Å². The Labute approximate surface area is 180 Å². The van der Waals surface area contributed by atoms with Gasteiger partial charge in [0.2, 0.25) is 5.91 Å². The predicted octanol–water partition coefficient (Wildman–Crippen LogP) is 2.87. The van der Waals surface area contributed by atoms with Crippen molar-refractivity contribution < 1.29 is 22.8 Å². The SMILES string of the molecule is CC1(c2csc(C3CCN(C(=O)Cn4cccc(C(F)(F)F)c4=O)CC3)n2)CCON1. The van der Waals surface area contributed by atoms with E-state index in [9.17, 15) is 22.8 Å². The van der Waals surface area contributed by atoms with Crippen LogP contribution < -0.4 is 11.0 Å². The number of amides is 1. The number of alkyl halides is 3. The van der Waals surface area contributed by atoms with Gasteiger partial charge in [-0.05, 0) is 38.3 Å². The Morgan fingerprint density at radius 2 is 2.13 bits per heavy atom. The molecule has 4 rings (SSSR count). The zero-order chi connectivity index (χ0) is 22.2. The molecule has 0 radical (unpaired) electrons. The number of pyridine rings is 1. The molecule has 0 bridgehead atoms. The molecule has 31 heavy (non-hydrogen) atoms. The molecular formula is C20H23F3N4O3S. The molecule has 4 heterocycles. The second-order valence-electron chi connectivity index (χ2n) is 8.11. The fourth-order valence-electron chi connectivity index (χ4n) is 3.92. The standard InChI is InChI=1S/C20H23F3N4O3S/c1-19(6-10-30-25-19)15-12-31-17(24-15)13-4-8-26(9-5-13)16(28)11-27-7-2-3-14(18(27)29)20(21,22)23/h2-3,7,12-13,25H,4-6,8-11H2,1H3. The van der Waals surface area contributed by atoms with E-state index in [-0.39, 0.29) is 17.4 Å². The Morgan fingerprint density at radius 3 is 2.77 bits per heavy atom. The summed E-state index contributed by atoms with van der Waals surface area (Å²) in [6.45, 7) is 3.24. The summed E-state index contributed by atoms with van der Waals surface area (Å²) in [5.41, 5.74) is 1.22. The molecule has 7 nitrogen and oxygen atoms in total. The molecule has 2 aliphatic rings. The zero-order valence-electron chi connectivity index (χ0n) is 16.9. The van der Waals surface area contributed by atoms with E-state index in [1.165, 1.54) is 6.20 Å². The molecule has 2 aliphatic heterocycles. The van der Waals surface area contributed by atoms with Gasteiger partial charge in [0.25, 0.3) is 5.56 Å². The van der Waals surface area contributed by atoms with Gasteiger partial charge in [0.15, 0.2) is 0 Å². The highest BCUT2D eigenvalue weighted by Crippen LogP contribution is 2.35. The van der Waals surface area contributed by atoms with Crippen molar-refractivity contribution in [2.45, 2.75) is 50.4 Å². The van der Waals surface area contributed by atoms with Crippen LogP contribution in [0.3, 0.4) is 0 Å². The predicted molar refractivity (Wildman–Crippen MR) is 107 cm³/mol. The first-order chi connectivity index (χ1) is 14.7. The molecule has 168 valence electrons. The fraction of sp³-hybridized carbons (Fsp3) is 0.550. The molecule has 2 aromatic rings. The van der Waals surface area contributed by atoms with Gasteiger partial charge in [-0.25, -0.2) is 4.98 Å². The summed E-state index contributed by atoms with van der Waals surface area (Å²) < 4.78 is 39.6. The number of nitrogens with one attached hydrogen (secondary N) is 1. The van der Waals surface area contributed by atoms with E-state index in [0.717, 1.165) is 46.7 Å². The van der Waals surface area contributed by atoms with E-state index in [2.05, 4.69) is 12.4 Å². The molecular weight excluding hydrogens is 433 g/mol. The Kier molecular flexibility index (Phi) is 5.93. The van der Waals surface area contributed by atoms with Gasteiger partial charge in [-0.3, -0.25) is 9.59 Å². The smallest absolute Gasteiger partial charge is 0.341 e. The Balaban J connectivity index is 1.37. The van der Waals surface area contributed by atoms with E-state index < -0.39 is 23.8 Å². The second-order valence-corrected chi connectivity index (χ2v) is 9.00. The van der Waals surface area contributed by atoms with Crippen LogP contribution in [0.4, 0.5) is 13.2 Å². The molecule has 0 spiro atoms. The number of hydrogen-bond acceptors (Lipinski definition) is 6. The number of likely N-dealkylation sites (tertiary alicyclic amines) is 1. The molecule has 0 saturated carbocycles. The van der Waals surface area contributed by atoms with Crippen LogP contribution in [-0.2, 0) is 27.9 Å². The number of piperidine rings is 1. The van der Waals surface area contributed by atoms with Crippen molar-refractivity contribution in [1.82, 2.24) is 19.9 Å². The van der Waals surface area contributed by atoms with Gasteiger partial charge >= 0.3 is 6.18 Å². The van der Waals surface area contributed by atoms with Crippen molar-refractivity contribution in [3.8, 4) is 0 Å². The maximum absolute atomic E-state index is 12.9. The van der Waals surface area contributed by atoms with Crippen LogP contribution in [0.25, 0.3) is 0 Å². The Morgan fingerprint density at radius 1 is 1.39 bits per heavy atom. The van der Waals surface area contributed by atoms with Gasteiger partial charge in [-0.2, -0.15) is 18.7 Å². The molecule has 11 heteroatoms. The molecule has 1 unspecified atom stereocenters. The molecule has 1 atom stereocenters. The molecule has 2 fully saturated rings. The Bertz CT molecular complexity index is 1010. The Hall–Kier alpha value is -2.24. The van der Waals surface area contributed by atoms with Gasteiger partial charge in [-0.1, -0.05) is 0 Å². The topological polar surface area (TPSA) is 76.5 Å². The summed E-state index contributed by atoms with van der Waals surface area (Å²) in [7, 11) is 0. The minimum atomic E-state index is -4.74. The first-order valence-corrected chi connectivity index (χ1v) is 10.9. The maximum atomic E-state index is 12.9. The van der Waals surface area contributed by atoms with Crippen LogP contribution in [-0.4, -0.2) is 40.1 Å². The zero-order valence-corrected chi connectivity index (χ0v) is 17.8. The van der Waals surface area contributed by atoms with Gasteiger partial charge in [-0.15, -0.1) is 11.3 Å². The number of thiazole rings is 1. The quantitative estimate of drug-likeness (QED) is 0.766. The van der Waals surface area contributed by atoms with Gasteiger partial charge in [0.1, 0.15) is 12.1 Å². The first kappa shape index (κ1) is 22.0. The summed E-state index contributed by atoms with van der Waals surface area (Å²) in [6.07, 6.45) is -1.25. The number of hydroxylamine groups is 1. The lowest BCUT2D eigenvalue weighted by Gasteiger charge is -2.31. The average molecular weight is 456 g/mol. The van der Waals surface area contributed by atoms with Gasteiger partial charge < -0.3 is 14.3 Å². The maximum Gasteiger partial charge on any atom is 0.421 e. The molecule has 1 N–H and O–H groups in total. The van der Waals surface area contributed by atoms with E-state index >= 15 is 0 Å². The number of carbonyl (C=O) groups is 1. The number of halogens is 3. The van der Waals surface area contributed by atoms with Crippen LogP contribution in [0.1, 0.15) is 48.4 Å². The number of hydrogen-bond donors (Lipinski definition) is 1. The van der Waals surface area contributed by atoms with Crippen molar-refractivity contribution in [3.63, 3.8) is 0 Å². The van der Waals surface area contributed by atoms with Crippen LogP contribution in [0, 0.1) is 0 Å². The van der Waals surface area contributed by atoms with E-state index in [1.807, 2.05) is 5.38 Å². The second kappa shape index (κ2) is 8.36. The highest BCUT2D eigenvalue weighted by Gasteiger charge is 2.36. The number of rotatable bonds is 4. The molecule has 0 aliphatic carbocycles.